The average Bonchev–Trinajstić information content (AvgIpc) is 2.52. The molecule has 1 aliphatic heterocycles. The van der Waals surface area contributed by atoms with Crippen molar-refractivity contribution in [1.29, 1.82) is 0 Å². The Balaban J connectivity index is 2.14. The first-order valence-corrected chi connectivity index (χ1v) is 8.00. The lowest BCUT2D eigenvalue weighted by Crippen LogP contribution is -2.40. The van der Waals surface area contributed by atoms with Crippen molar-refractivity contribution in [2.45, 2.75) is 31.5 Å². The summed E-state index contributed by atoms with van der Waals surface area (Å²) in [6.45, 7) is 0.771. The molecule has 1 aliphatic rings. The summed E-state index contributed by atoms with van der Waals surface area (Å²) in [5, 5.41) is 0.00787. The monoisotopic (exact) mass is 344 g/mol. The number of H-pyrrole nitrogens is 1. The van der Waals surface area contributed by atoms with Crippen molar-refractivity contribution in [3.63, 3.8) is 0 Å². The SMILES string of the molecule is O=c1cc(C(F)(F)F)c2cc(N3CCCC[C@@H]3CCl)ccc2[nH]1. The van der Waals surface area contributed by atoms with Crippen LogP contribution in [0.15, 0.2) is 29.1 Å². The Morgan fingerprint density at radius 2 is 2.04 bits per heavy atom. The molecule has 1 aromatic heterocycles. The summed E-state index contributed by atoms with van der Waals surface area (Å²) in [6, 6.07) is 5.50. The van der Waals surface area contributed by atoms with Crippen LogP contribution in [0.3, 0.4) is 0 Å². The summed E-state index contributed by atoms with van der Waals surface area (Å²) in [7, 11) is 0. The molecule has 1 fully saturated rings. The van der Waals surface area contributed by atoms with E-state index in [1.54, 1.807) is 6.07 Å². The molecule has 23 heavy (non-hydrogen) atoms. The molecule has 2 aromatic rings. The number of alkyl halides is 4. The number of aromatic amines is 1. The van der Waals surface area contributed by atoms with E-state index in [-0.39, 0.29) is 16.9 Å². The third-order valence-electron chi connectivity index (χ3n) is 4.27. The number of fused-ring (bicyclic) bond motifs is 1. The van der Waals surface area contributed by atoms with Crippen molar-refractivity contribution in [3.05, 3.63) is 40.2 Å². The highest BCUT2D eigenvalue weighted by atomic mass is 35.5. The van der Waals surface area contributed by atoms with Crippen LogP contribution in [0, 0.1) is 0 Å². The van der Waals surface area contributed by atoms with Crippen LogP contribution < -0.4 is 10.5 Å². The van der Waals surface area contributed by atoms with Crippen molar-refractivity contribution in [3.8, 4) is 0 Å². The van der Waals surface area contributed by atoms with Crippen LogP contribution in [0.2, 0.25) is 0 Å². The first kappa shape index (κ1) is 16.2. The van der Waals surface area contributed by atoms with Gasteiger partial charge in [0.25, 0.3) is 0 Å². The molecule has 1 N–H and O–H groups in total. The largest absolute Gasteiger partial charge is 0.417 e. The van der Waals surface area contributed by atoms with E-state index in [0.717, 1.165) is 25.8 Å². The predicted octanol–water partition coefficient (Wildman–Crippen LogP) is 4.14. The van der Waals surface area contributed by atoms with Gasteiger partial charge < -0.3 is 9.88 Å². The second kappa shape index (κ2) is 6.07. The minimum absolute atomic E-state index is 0.00787. The fourth-order valence-electron chi connectivity index (χ4n) is 3.16. The van der Waals surface area contributed by atoms with Gasteiger partial charge in [0, 0.05) is 41.1 Å². The van der Waals surface area contributed by atoms with Gasteiger partial charge in [0.05, 0.1) is 5.56 Å². The van der Waals surface area contributed by atoms with E-state index in [1.807, 2.05) is 0 Å². The summed E-state index contributed by atoms with van der Waals surface area (Å²) in [4.78, 5) is 16.0. The van der Waals surface area contributed by atoms with Crippen LogP contribution in [-0.4, -0.2) is 23.5 Å². The van der Waals surface area contributed by atoms with Crippen molar-refractivity contribution >= 4 is 28.2 Å². The average molecular weight is 345 g/mol. The number of nitrogens with one attached hydrogen (secondary N) is 1. The Morgan fingerprint density at radius 3 is 2.74 bits per heavy atom. The quantitative estimate of drug-likeness (QED) is 0.831. The summed E-state index contributed by atoms with van der Waals surface area (Å²) in [5.41, 5.74) is -0.764. The van der Waals surface area contributed by atoms with Crippen molar-refractivity contribution in [1.82, 2.24) is 4.98 Å². The van der Waals surface area contributed by atoms with Gasteiger partial charge in [-0.05, 0) is 37.5 Å². The van der Waals surface area contributed by atoms with Gasteiger partial charge in [-0.25, -0.2) is 0 Å². The number of benzene rings is 1. The zero-order valence-corrected chi connectivity index (χ0v) is 13.0. The Bertz CT molecular complexity index is 772. The Kier molecular flexibility index (Phi) is 4.27. The van der Waals surface area contributed by atoms with E-state index in [9.17, 15) is 18.0 Å². The molecule has 0 radical (unpaired) electrons. The zero-order chi connectivity index (χ0) is 16.6. The smallest absolute Gasteiger partial charge is 0.367 e. The molecule has 3 nitrogen and oxygen atoms in total. The maximum atomic E-state index is 13.2. The van der Waals surface area contributed by atoms with Gasteiger partial charge in [0.2, 0.25) is 5.56 Å². The summed E-state index contributed by atoms with van der Waals surface area (Å²) < 4.78 is 39.7. The molecule has 1 aromatic carbocycles. The molecule has 0 aliphatic carbocycles. The van der Waals surface area contributed by atoms with Crippen LogP contribution in [0.25, 0.3) is 10.9 Å². The van der Waals surface area contributed by atoms with Gasteiger partial charge in [0.1, 0.15) is 0 Å². The van der Waals surface area contributed by atoms with E-state index in [1.165, 1.54) is 12.1 Å². The number of nitrogens with zero attached hydrogens (tertiary/aromatic N) is 1. The van der Waals surface area contributed by atoms with Crippen LogP contribution in [-0.2, 0) is 6.18 Å². The maximum Gasteiger partial charge on any atom is 0.417 e. The molecule has 3 rings (SSSR count). The van der Waals surface area contributed by atoms with E-state index in [4.69, 9.17) is 11.6 Å². The number of anilines is 1. The lowest BCUT2D eigenvalue weighted by molar-refractivity contribution is -0.136. The first-order chi connectivity index (χ1) is 10.9. The van der Waals surface area contributed by atoms with Gasteiger partial charge >= 0.3 is 6.18 Å². The van der Waals surface area contributed by atoms with Crippen LogP contribution in [0.5, 0.6) is 0 Å². The number of rotatable bonds is 2. The molecule has 0 bridgehead atoms. The van der Waals surface area contributed by atoms with E-state index in [0.29, 0.717) is 17.6 Å². The zero-order valence-electron chi connectivity index (χ0n) is 12.3. The molecule has 124 valence electrons. The molecule has 1 atom stereocenters. The summed E-state index contributed by atoms with van der Waals surface area (Å²) in [5.74, 6) is 0.440. The van der Waals surface area contributed by atoms with E-state index >= 15 is 0 Å². The molecule has 1 saturated heterocycles. The molecule has 2 heterocycles. The minimum atomic E-state index is -4.57. The predicted molar refractivity (Wildman–Crippen MR) is 85.3 cm³/mol. The molecular weight excluding hydrogens is 329 g/mol. The Labute approximate surface area is 136 Å². The van der Waals surface area contributed by atoms with Gasteiger partial charge in [-0.1, -0.05) is 0 Å². The third kappa shape index (κ3) is 3.17. The molecular formula is C16H16ClF3N2O. The standard InChI is InChI=1S/C16H16ClF3N2O/c17-9-11-3-1-2-6-22(11)10-4-5-14-12(7-10)13(16(18,19)20)8-15(23)21-14/h4-5,7-8,11H,1-3,6,9H2,(H,21,23)/t11-/m1/s1. The fraction of sp³-hybridized carbons (Fsp3) is 0.438. The molecule has 0 saturated carbocycles. The topological polar surface area (TPSA) is 36.1 Å². The van der Waals surface area contributed by atoms with Gasteiger partial charge in [-0.15, -0.1) is 11.6 Å². The Hall–Kier alpha value is -1.69. The lowest BCUT2D eigenvalue weighted by atomic mass is 10.0. The van der Waals surface area contributed by atoms with Crippen molar-refractivity contribution in [2.75, 3.05) is 17.3 Å². The summed E-state index contributed by atoms with van der Waals surface area (Å²) in [6.07, 6.45) is -1.58. The van der Waals surface area contributed by atoms with E-state index < -0.39 is 17.3 Å². The van der Waals surface area contributed by atoms with Gasteiger partial charge in [0.15, 0.2) is 0 Å². The fourth-order valence-corrected chi connectivity index (χ4v) is 3.48. The summed E-state index contributed by atoms with van der Waals surface area (Å²) >= 11 is 6.00. The maximum absolute atomic E-state index is 13.2. The molecule has 0 amide bonds. The number of pyridine rings is 1. The molecule has 0 unspecified atom stereocenters. The minimum Gasteiger partial charge on any atom is -0.367 e. The number of halogens is 4. The number of hydrogen-bond acceptors (Lipinski definition) is 2. The first-order valence-electron chi connectivity index (χ1n) is 7.47. The highest BCUT2D eigenvalue weighted by Crippen LogP contribution is 2.35. The second-order valence-electron chi connectivity index (χ2n) is 5.77. The van der Waals surface area contributed by atoms with Crippen LogP contribution in [0.4, 0.5) is 18.9 Å². The second-order valence-corrected chi connectivity index (χ2v) is 6.08. The molecule has 7 heteroatoms. The van der Waals surface area contributed by atoms with Crippen LogP contribution >= 0.6 is 11.6 Å². The van der Waals surface area contributed by atoms with Crippen molar-refractivity contribution < 1.29 is 13.2 Å². The highest BCUT2D eigenvalue weighted by molar-refractivity contribution is 6.18. The molecule has 0 spiro atoms. The van der Waals surface area contributed by atoms with E-state index in [2.05, 4.69) is 9.88 Å². The lowest BCUT2D eigenvalue weighted by Gasteiger charge is -2.36. The Morgan fingerprint density at radius 1 is 1.26 bits per heavy atom. The van der Waals surface area contributed by atoms with Crippen LogP contribution in [0.1, 0.15) is 24.8 Å². The number of hydrogen-bond donors (Lipinski definition) is 1. The van der Waals surface area contributed by atoms with Gasteiger partial charge in [-0.3, -0.25) is 4.79 Å². The normalized spacial score (nSPS) is 19.3. The number of piperidine rings is 1. The van der Waals surface area contributed by atoms with Crippen molar-refractivity contribution in [2.24, 2.45) is 0 Å². The van der Waals surface area contributed by atoms with Gasteiger partial charge in [-0.2, -0.15) is 13.2 Å². The number of aromatic nitrogens is 1. The third-order valence-corrected chi connectivity index (χ3v) is 4.63. The highest BCUT2D eigenvalue weighted by Gasteiger charge is 2.33.